The number of fused-ring (bicyclic) bond motifs is 2. The summed E-state index contributed by atoms with van der Waals surface area (Å²) in [6, 6.07) is 20.5. The maximum absolute atomic E-state index is 2.42. The van der Waals surface area contributed by atoms with Gasteiger partial charge in [-0.1, -0.05) is 65.0 Å². The molecule has 4 aromatic rings. The number of hydrogen-bond acceptors (Lipinski definition) is 2. The van der Waals surface area contributed by atoms with Crippen LogP contribution >= 0.6 is 22.7 Å². The van der Waals surface area contributed by atoms with Crippen LogP contribution < -0.4 is 0 Å². The molecule has 0 nitrogen and oxygen atoms in total. The van der Waals surface area contributed by atoms with Crippen molar-refractivity contribution in [3.05, 3.63) is 69.9 Å². The number of rotatable bonds is 4. The van der Waals surface area contributed by atoms with Gasteiger partial charge < -0.3 is 0 Å². The van der Waals surface area contributed by atoms with Crippen molar-refractivity contribution in [1.82, 2.24) is 0 Å². The van der Waals surface area contributed by atoms with Crippen LogP contribution in [-0.4, -0.2) is 0 Å². The highest BCUT2D eigenvalue weighted by molar-refractivity contribution is 7.19. The molecule has 0 amide bonds. The summed E-state index contributed by atoms with van der Waals surface area (Å²) in [5.74, 6) is 0. The second-order valence-corrected chi connectivity index (χ2v) is 11.8. The van der Waals surface area contributed by atoms with Crippen molar-refractivity contribution in [1.29, 1.82) is 0 Å². The Morgan fingerprint density at radius 3 is 2.19 bits per heavy atom. The lowest BCUT2D eigenvalue weighted by molar-refractivity contribution is 0.364. The summed E-state index contributed by atoms with van der Waals surface area (Å²) in [5, 5.41) is 2.76. The first-order chi connectivity index (χ1) is 12.7. The fourth-order valence-electron chi connectivity index (χ4n) is 3.77. The Kier molecular flexibility index (Phi) is 4.68. The first kappa shape index (κ1) is 18.7. The number of benzene rings is 2. The molecule has 27 heavy (non-hydrogen) atoms. The molecule has 2 aromatic carbocycles. The van der Waals surface area contributed by atoms with Crippen LogP contribution in [0.25, 0.3) is 20.2 Å². The van der Waals surface area contributed by atoms with Crippen molar-refractivity contribution in [2.45, 2.75) is 52.9 Å². The van der Waals surface area contributed by atoms with Crippen LogP contribution in [0.1, 0.15) is 49.9 Å². The van der Waals surface area contributed by atoms with Crippen LogP contribution in [-0.2, 0) is 18.3 Å². The summed E-state index contributed by atoms with van der Waals surface area (Å²) >= 11 is 3.90. The topological polar surface area (TPSA) is 0 Å². The largest absolute Gasteiger partial charge is 0.140 e. The van der Waals surface area contributed by atoms with Crippen LogP contribution in [0.2, 0.25) is 0 Å². The molecule has 0 radical (unpaired) electrons. The predicted octanol–water partition coefficient (Wildman–Crippen LogP) is 8.22. The van der Waals surface area contributed by atoms with Gasteiger partial charge in [0.25, 0.3) is 0 Å². The fraction of sp³-hybridized carbons (Fsp3) is 0.360. The summed E-state index contributed by atoms with van der Waals surface area (Å²) in [6.07, 6.45) is 2.24. The third kappa shape index (κ3) is 4.12. The molecule has 2 heterocycles. The third-order valence-corrected chi connectivity index (χ3v) is 7.78. The molecule has 0 atom stereocenters. The molecule has 0 unspecified atom stereocenters. The predicted molar refractivity (Wildman–Crippen MR) is 124 cm³/mol. The molecule has 0 saturated heterocycles. The van der Waals surface area contributed by atoms with Gasteiger partial charge in [0.05, 0.1) is 0 Å². The van der Waals surface area contributed by atoms with Gasteiger partial charge in [0.1, 0.15) is 0 Å². The molecular weight excluding hydrogens is 364 g/mol. The highest BCUT2D eigenvalue weighted by Gasteiger charge is 2.22. The Labute approximate surface area is 170 Å². The van der Waals surface area contributed by atoms with E-state index < -0.39 is 0 Å². The first-order valence-corrected chi connectivity index (χ1v) is 11.3. The summed E-state index contributed by atoms with van der Waals surface area (Å²) in [5.41, 5.74) is 1.93. The Balaban J connectivity index is 1.56. The van der Waals surface area contributed by atoms with E-state index in [0.29, 0.717) is 0 Å². The molecule has 0 aliphatic rings. The van der Waals surface area contributed by atoms with Crippen molar-refractivity contribution < 1.29 is 0 Å². The van der Waals surface area contributed by atoms with Crippen LogP contribution in [0.3, 0.4) is 0 Å². The van der Waals surface area contributed by atoms with Crippen LogP contribution in [0.4, 0.5) is 0 Å². The smallest absolute Gasteiger partial charge is 0.0348 e. The second kappa shape index (κ2) is 6.76. The monoisotopic (exact) mass is 392 g/mol. The standard InChI is InChI=1S/C25H28S2/c1-24(2,3)23-14-19-11-10-17(12-22(19)27-23)15-25(4,5)16-20-13-18-8-6-7-9-21(18)26-20/h6-14H,15-16H2,1-5H3. The minimum atomic E-state index is 0.226. The molecule has 0 fully saturated rings. The molecule has 140 valence electrons. The normalized spacial score (nSPS) is 12.9. The summed E-state index contributed by atoms with van der Waals surface area (Å²) in [4.78, 5) is 2.97. The Morgan fingerprint density at radius 2 is 1.44 bits per heavy atom. The fourth-order valence-corrected chi connectivity index (χ4v) is 6.27. The van der Waals surface area contributed by atoms with Crippen LogP contribution in [0.5, 0.6) is 0 Å². The molecule has 0 spiro atoms. The Bertz CT molecular complexity index is 1050. The van der Waals surface area contributed by atoms with E-state index in [2.05, 4.69) is 89.2 Å². The number of hydrogen-bond donors (Lipinski definition) is 0. The summed E-state index contributed by atoms with van der Waals surface area (Å²) in [7, 11) is 0. The number of thiophene rings is 2. The highest BCUT2D eigenvalue weighted by Crippen LogP contribution is 2.37. The summed E-state index contributed by atoms with van der Waals surface area (Å²) < 4.78 is 2.83. The lowest BCUT2D eigenvalue weighted by Crippen LogP contribution is -2.17. The zero-order valence-electron chi connectivity index (χ0n) is 16.9. The van der Waals surface area contributed by atoms with Crippen LogP contribution in [0.15, 0.2) is 54.6 Å². The van der Waals surface area contributed by atoms with Gasteiger partial charge in [-0.25, -0.2) is 0 Å². The highest BCUT2D eigenvalue weighted by atomic mass is 32.1. The van der Waals surface area contributed by atoms with E-state index in [1.807, 2.05) is 22.7 Å². The molecule has 2 heteroatoms. The van der Waals surface area contributed by atoms with Gasteiger partial charge in [0.15, 0.2) is 0 Å². The molecule has 0 aliphatic heterocycles. The first-order valence-electron chi connectivity index (χ1n) is 9.70. The van der Waals surface area contributed by atoms with Gasteiger partial charge in [-0.05, 0) is 64.3 Å². The SMILES string of the molecule is CC(C)(Cc1ccc2cc(C(C)(C)C)sc2c1)Cc1cc2ccccc2s1. The molecule has 4 rings (SSSR count). The zero-order chi connectivity index (χ0) is 19.2. The van der Waals surface area contributed by atoms with Gasteiger partial charge in [-0.2, -0.15) is 0 Å². The molecular formula is C25H28S2. The van der Waals surface area contributed by atoms with Crippen molar-refractivity contribution in [3.63, 3.8) is 0 Å². The van der Waals surface area contributed by atoms with E-state index in [4.69, 9.17) is 0 Å². The Morgan fingerprint density at radius 1 is 0.704 bits per heavy atom. The van der Waals surface area contributed by atoms with Crippen molar-refractivity contribution >= 4 is 42.8 Å². The van der Waals surface area contributed by atoms with Crippen molar-refractivity contribution in [3.8, 4) is 0 Å². The minimum Gasteiger partial charge on any atom is -0.140 e. The van der Waals surface area contributed by atoms with Gasteiger partial charge in [0.2, 0.25) is 0 Å². The van der Waals surface area contributed by atoms with E-state index >= 15 is 0 Å². The quantitative estimate of drug-likeness (QED) is 0.328. The van der Waals surface area contributed by atoms with Crippen molar-refractivity contribution in [2.75, 3.05) is 0 Å². The van der Waals surface area contributed by atoms with Gasteiger partial charge >= 0.3 is 0 Å². The minimum absolute atomic E-state index is 0.226. The van der Waals surface area contributed by atoms with E-state index in [0.717, 1.165) is 12.8 Å². The lowest BCUT2D eigenvalue weighted by Gasteiger charge is -2.24. The van der Waals surface area contributed by atoms with Crippen LogP contribution in [0, 0.1) is 5.41 Å². The second-order valence-electron chi connectivity index (χ2n) is 9.50. The van der Waals surface area contributed by atoms with Gasteiger partial charge in [0, 0.05) is 19.2 Å². The molecule has 2 aromatic heterocycles. The van der Waals surface area contributed by atoms with Gasteiger partial charge in [-0.15, -0.1) is 22.7 Å². The van der Waals surface area contributed by atoms with E-state index in [1.54, 1.807) is 0 Å². The van der Waals surface area contributed by atoms with E-state index in [-0.39, 0.29) is 10.8 Å². The lowest BCUT2D eigenvalue weighted by atomic mass is 9.82. The maximum Gasteiger partial charge on any atom is 0.0348 e. The Hall–Kier alpha value is -1.64. The van der Waals surface area contributed by atoms with E-state index in [9.17, 15) is 0 Å². The average Bonchev–Trinajstić information content (AvgIpc) is 3.15. The van der Waals surface area contributed by atoms with Gasteiger partial charge in [-0.3, -0.25) is 0 Å². The molecule has 0 saturated carbocycles. The summed E-state index contributed by atoms with van der Waals surface area (Å²) in [6.45, 7) is 11.7. The van der Waals surface area contributed by atoms with Crippen molar-refractivity contribution in [2.24, 2.45) is 5.41 Å². The zero-order valence-corrected chi connectivity index (χ0v) is 18.6. The van der Waals surface area contributed by atoms with E-state index in [1.165, 1.54) is 35.5 Å². The molecule has 0 aliphatic carbocycles. The molecule has 0 bridgehead atoms. The third-order valence-electron chi connectivity index (χ3n) is 5.14. The average molecular weight is 393 g/mol. The maximum atomic E-state index is 2.42. The molecule has 0 N–H and O–H groups in total.